The van der Waals surface area contributed by atoms with E-state index in [2.05, 4.69) is 14.8 Å². The summed E-state index contributed by atoms with van der Waals surface area (Å²) in [6.45, 7) is 0.410. The second-order valence-corrected chi connectivity index (χ2v) is 6.41. The second kappa shape index (κ2) is 7.95. The van der Waals surface area contributed by atoms with Crippen LogP contribution in [-0.2, 0) is 17.9 Å². The predicted octanol–water partition coefficient (Wildman–Crippen LogP) is 2.98. The summed E-state index contributed by atoms with van der Waals surface area (Å²) in [5.74, 6) is -0.351. The van der Waals surface area contributed by atoms with Crippen LogP contribution in [0.5, 0.6) is 5.75 Å². The molecule has 2 aromatic heterocycles. The Morgan fingerprint density at radius 1 is 1.21 bits per heavy atom. The number of nitrogens with zero attached hydrogens (tertiary/aromatic N) is 4. The lowest BCUT2D eigenvalue weighted by molar-refractivity contribution is -0.274. The number of nitrogens with two attached hydrogens (primary N) is 1. The van der Waals surface area contributed by atoms with Crippen LogP contribution in [0.25, 0.3) is 16.7 Å². The van der Waals surface area contributed by atoms with E-state index in [1.54, 1.807) is 6.20 Å². The van der Waals surface area contributed by atoms with Crippen molar-refractivity contribution in [1.82, 2.24) is 19.7 Å². The fourth-order valence-electron chi connectivity index (χ4n) is 2.86. The molecule has 154 valence electrons. The maximum atomic E-state index is 12.4. The van der Waals surface area contributed by atoms with Crippen molar-refractivity contribution in [2.24, 2.45) is 5.73 Å². The Morgan fingerprint density at radius 2 is 1.90 bits per heavy atom. The highest BCUT2D eigenvalue weighted by molar-refractivity contribution is 5.83. The second-order valence-electron chi connectivity index (χ2n) is 6.41. The van der Waals surface area contributed by atoms with Crippen LogP contribution in [0.4, 0.5) is 18.0 Å². The van der Waals surface area contributed by atoms with Crippen LogP contribution in [0.2, 0.25) is 0 Å². The van der Waals surface area contributed by atoms with Gasteiger partial charge in [-0.2, -0.15) is 5.10 Å². The predicted molar refractivity (Wildman–Crippen MR) is 97.3 cm³/mol. The van der Waals surface area contributed by atoms with Crippen molar-refractivity contribution in [3.05, 3.63) is 47.8 Å². The van der Waals surface area contributed by atoms with Crippen LogP contribution in [0.15, 0.2) is 36.5 Å². The lowest BCUT2D eigenvalue weighted by Crippen LogP contribution is -2.17. The molecular formula is C18H18F3N5O3. The van der Waals surface area contributed by atoms with Crippen LogP contribution in [0.1, 0.15) is 11.3 Å². The summed E-state index contributed by atoms with van der Waals surface area (Å²) in [5.41, 5.74) is 7.32. The van der Waals surface area contributed by atoms with Gasteiger partial charge < -0.3 is 20.1 Å². The van der Waals surface area contributed by atoms with E-state index < -0.39 is 12.5 Å². The highest BCUT2D eigenvalue weighted by atomic mass is 19.4. The molecule has 0 spiro atoms. The molecule has 8 nitrogen and oxygen atoms in total. The number of rotatable bonds is 6. The van der Waals surface area contributed by atoms with Gasteiger partial charge in [-0.15, -0.1) is 13.2 Å². The van der Waals surface area contributed by atoms with E-state index in [9.17, 15) is 18.0 Å². The number of pyridine rings is 1. The Balaban J connectivity index is 2.06. The Hall–Kier alpha value is -3.34. The first kappa shape index (κ1) is 20.4. The quantitative estimate of drug-likeness (QED) is 0.673. The minimum Gasteiger partial charge on any atom is -0.443 e. The molecule has 0 atom stereocenters. The molecular weight excluding hydrogens is 391 g/mol. The molecule has 2 heterocycles. The van der Waals surface area contributed by atoms with Gasteiger partial charge in [0.05, 0.1) is 11.1 Å². The Kier molecular flexibility index (Phi) is 5.59. The van der Waals surface area contributed by atoms with Crippen molar-refractivity contribution >= 4 is 17.1 Å². The average molecular weight is 409 g/mol. The zero-order valence-corrected chi connectivity index (χ0v) is 15.6. The van der Waals surface area contributed by atoms with Crippen LogP contribution < -0.4 is 10.5 Å². The Labute approximate surface area is 163 Å². The zero-order valence-electron chi connectivity index (χ0n) is 15.6. The van der Waals surface area contributed by atoms with Gasteiger partial charge in [0.2, 0.25) is 0 Å². The number of fused-ring (bicyclic) bond motifs is 1. The molecule has 0 aliphatic rings. The van der Waals surface area contributed by atoms with E-state index in [0.29, 0.717) is 29.0 Å². The van der Waals surface area contributed by atoms with Crippen molar-refractivity contribution in [3.63, 3.8) is 0 Å². The highest BCUT2D eigenvalue weighted by Crippen LogP contribution is 2.27. The summed E-state index contributed by atoms with van der Waals surface area (Å²) in [4.78, 5) is 17.3. The average Bonchev–Trinajstić information content (AvgIpc) is 2.99. The van der Waals surface area contributed by atoms with Crippen molar-refractivity contribution in [3.8, 4) is 11.4 Å². The molecule has 11 heteroatoms. The van der Waals surface area contributed by atoms with E-state index in [0.717, 1.165) is 5.56 Å². The third-order valence-electron chi connectivity index (χ3n) is 3.88. The molecule has 0 aliphatic carbocycles. The first-order valence-electron chi connectivity index (χ1n) is 8.42. The maximum absolute atomic E-state index is 12.4. The number of hydrogen-bond donors (Lipinski definition) is 1. The zero-order chi connectivity index (χ0) is 21.2. The summed E-state index contributed by atoms with van der Waals surface area (Å²) in [6.07, 6.45) is -4.11. The van der Waals surface area contributed by atoms with Gasteiger partial charge in [0.1, 0.15) is 18.1 Å². The molecule has 0 radical (unpaired) electrons. The van der Waals surface area contributed by atoms with Crippen molar-refractivity contribution in [2.45, 2.75) is 19.5 Å². The van der Waals surface area contributed by atoms with Crippen molar-refractivity contribution in [2.75, 3.05) is 14.1 Å². The summed E-state index contributed by atoms with van der Waals surface area (Å²) in [6, 6.07) is 7.03. The Bertz CT molecular complexity index is 1020. The maximum Gasteiger partial charge on any atom is 0.573 e. The lowest BCUT2D eigenvalue weighted by Gasteiger charge is -2.11. The van der Waals surface area contributed by atoms with Gasteiger partial charge in [-0.3, -0.25) is 0 Å². The summed E-state index contributed by atoms with van der Waals surface area (Å²) in [5, 5.41) is 5.12. The van der Waals surface area contributed by atoms with Gasteiger partial charge in [-0.1, -0.05) is 0 Å². The molecule has 0 saturated carbocycles. The molecule has 0 saturated heterocycles. The van der Waals surface area contributed by atoms with Gasteiger partial charge >= 0.3 is 12.5 Å². The van der Waals surface area contributed by atoms with E-state index >= 15 is 0 Å². The number of carbonyl (C=O) groups excluding carboxylic acids is 1. The lowest BCUT2D eigenvalue weighted by atomic mass is 10.1. The standard InChI is InChI=1S/C18H18F3N5O3/c1-25(2)9-11-7-8-23-16-15(11)14(10-28-17(22)27)24-26(16)12-3-5-13(6-4-12)29-18(19,20)21/h3-8H,9-10H2,1-2H3,(H2,22,27). The molecule has 1 aromatic carbocycles. The third-order valence-corrected chi connectivity index (χ3v) is 3.88. The summed E-state index contributed by atoms with van der Waals surface area (Å²) >= 11 is 0. The van der Waals surface area contributed by atoms with Gasteiger partial charge in [0.25, 0.3) is 0 Å². The van der Waals surface area contributed by atoms with Crippen LogP contribution in [-0.4, -0.2) is 46.2 Å². The molecule has 1 amide bonds. The number of halogens is 3. The van der Waals surface area contributed by atoms with Crippen LogP contribution in [0, 0.1) is 0 Å². The van der Waals surface area contributed by atoms with Gasteiger partial charge in [-0.05, 0) is 50.0 Å². The fourth-order valence-corrected chi connectivity index (χ4v) is 2.86. The monoisotopic (exact) mass is 409 g/mol. The number of benzene rings is 1. The molecule has 2 N–H and O–H groups in total. The number of ether oxygens (including phenoxy) is 2. The smallest absolute Gasteiger partial charge is 0.443 e. The third kappa shape index (κ3) is 4.93. The number of carbonyl (C=O) groups is 1. The fraction of sp³-hybridized carbons (Fsp3) is 0.278. The molecule has 0 aliphatic heterocycles. The molecule has 3 rings (SSSR count). The number of alkyl halides is 3. The van der Waals surface area contributed by atoms with Crippen LogP contribution in [0.3, 0.4) is 0 Å². The molecule has 0 unspecified atom stereocenters. The SMILES string of the molecule is CN(C)Cc1ccnc2c1c(COC(N)=O)nn2-c1ccc(OC(F)(F)F)cc1. The first-order valence-corrected chi connectivity index (χ1v) is 8.42. The highest BCUT2D eigenvalue weighted by Gasteiger charge is 2.31. The largest absolute Gasteiger partial charge is 0.573 e. The van der Waals surface area contributed by atoms with E-state index in [1.165, 1.54) is 28.9 Å². The topological polar surface area (TPSA) is 95.5 Å². The summed E-state index contributed by atoms with van der Waals surface area (Å²) in [7, 11) is 3.80. The minimum atomic E-state index is -4.78. The molecule has 0 bridgehead atoms. The van der Waals surface area contributed by atoms with Gasteiger partial charge in [-0.25, -0.2) is 14.5 Å². The van der Waals surface area contributed by atoms with Crippen molar-refractivity contribution in [1.29, 1.82) is 0 Å². The minimum absolute atomic E-state index is 0.166. The molecule has 29 heavy (non-hydrogen) atoms. The van der Waals surface area contributed by atoms with E-state index in [-0.39, 0.29) is 12.4 Å². The van der Waals surface area contributed by atoms with E-state index in [4.69, 9.17) is 10.5 Å². The van der Waals surface area contributed by atoms with E-state index in [1.807, 2.05) is 25.1 Å². The van der Waals surface area contributed by atoms with Gasteiger partial charge in [0.15, 0.2) is 5.65 Å². The Morgan fingerprint density at radius 3 is 2.48 bits per heavy atom. The summed E-state index contributed by atoms with van der Waals surface area (Å²) < 4.78 is 47.4. The van der Waals surface area contributed by atoms with Crippen LogP contribution >= 0.6 is 0 Å². The first-order chi connectivity index (χ1) is 13.6. The molecule has 0 fully saturated rings. The molecule has 3 aromatic rings. The number of primary amides is 1. The number of aromatic nitrogens is 3. The normalized spacial score (nSPS) is 11.8. The van der Waals surface area contributed by atoms with Crippen molar-refractivity contribution < 1.29 is 27.4 Å². The number of hydrogen-bond acceptors (Lipinski definition) is 6. The van der Waals surface area contributed by atoms with Gasteiger partial charge in [0, 0.05) is 12.7 Å². The number of amides is 1.